The van der Waals surface area contributed by atoms with Gasteiger partial charge in [-0.2, -0.15) is 0 Å². The van der Waals surface area contributed by atoms with Crippen LogP contribution in [0.2, 0.25) is 0 Å². The van der Waals surface area contributed by atoms with E-state index in [-0.39, 0.29) is 51.1 Å². The van der Waals surface area contributed by atoms with E-state index in [4.69, 9.17) is 4.74 Å². The quantitative estimate of drug-likeness (QED) is 0.149. The maximum Gasteiger partial charge on any atom is 0.311 e. The third-order valence-corrected chi connectivity index (χ3v) is 9.99. The van der Waals surface area contributed by atoms with Gasteiger partial charge >= 0.3 is 5.97 Å². The highest BCUT2D eigenvalue weighted by atomic mass is 79.9. The number of hydrogen-bond donors (Lipinski definition) is 0. The van der Waals surface area contributed by atoms with Gasteiger partial charge in [-0.1, -0.05) is 70.5 Å². The van der Waals surface area contributed by atoms with Crippen LogP contribution in [0, 0.1) is 23.7 Å². The fourth-order valence-corrected chi connectivity index (χ4v) is 7.22. The maximum atomic E-state index is 13.2. The molecular weight excluding hydrogens is 514 g/mol. The zero-order valence-electron chi connectivity index (χ0n) is 17.1. The van der Waals surface area contributed by atoms with Crippen molar-refractivity contribution < 1.29 is 19.1 Å². The Labute approximate surface area is 194 Å². The first-order valence-corrected chi connectivity index (χ1v) is 12.7. The molecule has 4 rings (SSSR count). The van der Waals surface area contributed by atoms with Gasteiger partial charge in [-0.3, -0.25) is 14.4 Å². The lowest BCUT2D eigenvalue weighted by molar-refractivity contribution is -0.134. The number of alkyl halides is 2. The molecule has 7 heteroatoms. The van der Waals surface area contributed by atoms with Crippen LogP contribution in [-0.4, -0.2) is 27.4 Å². The minimum atomic E-state index is -0.276. The molecule has 0 aromatic heterocycles. The number of ether oxygens (including phenoxy) is 1. The second-order valence-corrected chi connectivity index (χ2v) is 10.8. The van der Waals surface area contributed by atoms with Gasteiger partial charge in [-0.15, -0.1) is 0 Å². The Hall–Kier alpha value is -1.21. The molecule has 2 amide bonds. The number of carbonyl (C=O) groups excluding carboxylic acids is 3. The number of fused-ring (bicyclic) bond motifs is 5. The van der Waals surface area contributed by atoms with Gasteiger partial charge in [0.1, 0.15) is 5.75 Å². The third-order valence-electron chi connectivity index (χ3n) is 6.78. The number of unbranched alkanes of at least 4 members (excludes halogenated alkanes) is 4. The molecule has 1 aromatic carbocycles. The molecule has 3 fully saturated rings. The van der Waals surface area contributed by atoms with Crippen LogP contribution in [0.3, 0.4) is 0 Å². The number of carbonyl (C=O) groups is 3. The number of anilines is 1. The van der Waals surface area contributed by atoms with Crippen molar-refractivity contribution in [2.75, 3.05) is 4.90 Å². The number of nitrogens with zero attached hydrogens (tertiary/aromatic N) is 1. The highest BCUT2D eigenvalue weighted by Gasteiger charge is 2.66. The summed E-state index contributed by atoms with van der Waals surface area (Å²) < 4.78 is 5.47. The van der Waals surface area contributed by atoms with Gasteiger partial charge < -0.3 is 4.74 Å². The zero-order valence-corrected chi connectivity index (χ0v) is 20.2. The largest absolute Gasteiger partial charge is 0.426 e. The van der Waals surface area contributed by atoms with Crippen molar-refractivity contribution in [1.29, 1.82) is 0 Å². The fourth-order valence-electron chi connectivity index (χ4n) is 5.34. The molecule has 6 unspecified atom stereocenters. The van der Waals surface area contributed by atoms with Crippen LogP contribution in [-0.2, 0) is 14.4 Å². The van der Waals surface area contributed by atoms with Gasteiger partial charge in [-0.05, 0) is 36.8 Å². The summed E-state index contributed by atoms with van der Waals surface area (Å²) in [6.45, 7) is 2.16. The molecule has 1 saturated heterocycles. The predicted octanol–water partition coefficient (Wildman–Crippen LogP) is 5.23. The Bertz CT molecular complexity index is 812. The monoisotopic (exact) mass is 539 g/mol. The average Bonchev–Trinajstić information content (AvgIpc) is 3.33. The molecule has 1 heterocycles. The molecule has 0 spiro atoms. The van der Waals surface area contributed by atoms with Crippen LogP contribution in [0.25, 0.3) is 0 Å². The van der Waals surface area contributed by atoms with Gasteiger partial charge in [0, 0.05) is 22.1 Å². The van der Waals surface area contributed by atoms with Crippen molar-refractivity contribution in [2.24, 2.45) is 23.7 Å². The van der Waals surface area contributed by atoms with E-state index in [1.807, 2.05) is 0 Å². The molecule has 162 valence electrons. The van der Waals surface area contributed by atoms with Crippen LogP contribution in [0.15, 0.2) is 24.3 Å². The molecule has 5 nitrogen and oxygen atoms in total. The lowest BCUT2D eigenvalue weighted by Gasteiger charge is -2.28. The van der Waals surface area contributed by atoms with E-state index in [1.54, 1.807) is 24.3 Å². The number of amides is 2. The van der Waals surface area contributed by atoms with E-state index in [0.29, 0.717) is 17.9 Å². The Morgan fingerprint density at radius 1 is 1.03 bits per heavy atom. The molecule has 6 atom stereocenters. The first-order valence-electron chi connectivity index (χ1n) is 10.9. The number of halogens is 2. The van der Waals surface area contributed by atoms with E-state index in [2.05, 4.69) is 38.8 Å². The Kier molecular flexibility index (Phi) is 6.68. The Morgan fingerprint density at radius 3 is 2.30 bits per heavy atom. The first kappa shape index (κ1) is 22.0. The minimum Gasteiger partial charge on any atom is -0.426 e. The summed E-state index contributed by atoms with van der Waals surface area (Å²) in [6, 6.07) is 6.78. The van der Waals surface area contributed by atoms with Crippen molar-refractivity contribution in [1.82, 2.24) is 0 Å². The molecule has 2 bridgehead atoms. The summed E-state index contributed by atoms with van der Waals surface area (Å²) in [5, 5.41) is 0. The van der Waals surface area contributed by atoms with Gasteiger partial charge in [-0.25, -0.2) is 4.90 Å². The molecule has 2 saturated carbocycles. The molecule has 30 heavy (non-hydrogen) atoms. The standard InChI is InChI=1S/C23H27Br2NO4/c1-2-3-4-5-6-10-17(27)30-14-9-7-8-13(11-14)26-22(28)18-15-12-16(19(18)23(26)29)21(25)20(15)24/h7-9,11,15-16,18-21H,2-6,10,12H2,1H3. The van der Waals surface area contributed by atoms with Crippen molar-refractivity contribution >= 4 is 55.3 Å². The number of benzene rings is 1. The summed E-state index contributed by atoms with van der Waals surface area (Å²) in [4.78, 5) is 40.2. The minimum absolute atomic E-state index is 0.124. The van der Waals surface area contributed by atoms with E-state index in [0.717, 1.165) is 25.7 Å². The predicted molar refractivity (Wildman–Crippen MR) is 122 cm³/mol. The van der Waals surface area contributed by atoms with Crippen LogP contribution in [0.1, 0.15) is 51.9 Å². The smallest absolute Gasteiger partial charge is 0.311 e. The van der Waals surface area contributed by atoms with E-state index < -0.39 is 0 Å². The SMILES string of the molecule is CCCCCCCC(=O)Oc1cccc(N2C(=O)C3C4CC(C(Br)C4Br)C3C2=O)c1. The van der Waals surface area contributed by atoms with E-state index in [1.165, 1.54) is 17.7 Å². The molecule has 0 radical (unpaired) electrons. The van der Waals surface area contributed by atoms with E-state index in [9.17, 15) is 14.4 Å². The average molecular weight is 541 g/mol. The summed E-state index contributed by atoms with van der Waals surface area (Å²) in [5.74, 6) is -0.295. The molecule has 2 aliphatic carbocycles. The van der Waals surface area contributed by atoms with Crippen molar-refractivity contribution in [3.63, 3.8) is 0 Å². The van der Waals surface area contributed by atoms with Gasteiger partial charge in [0.2, 0.25) is 11.8 Å². The van der Waals surface area contributed by atoms with Crippen molar-refractivity contribution in [3.8, 4) is 5.75 Å². The number of rotatable bonds is 8. The second kappa shape index (κ2) is 9.11. The number of imide groups is 1. The number of hydrogen-bond acceptors (Lipinski definition) is 4. The topological polar surface area (TPSA) is 63.7 Å². The lowest BCUT2D eigenvalue weighted by atomic mass is 9.81. The molecule has 3 aliphatic rings. The van der Waals surface area contributed by atoms with Gasteiger partial charge in [0.15, 0.2) is 0 Å². The van der Waals surface area contributed by atoms with E-state index >= 15 is 0 Å². The fraction of sp³-hybridized carbons (Fsp3) is 0.609. The Morgan fingerprint density at radius 2 is 1.67 bits per heavy atom. The van der Waals surface area contributed by atoms with Crippen LogP contribution < -0.4 is 9.64 Å². The maximum absolute atomic E-state index is 13.2. The lowest BCUT2D eigenvalue weighted by Crippen LogP contribution is -2.37. The highest BCUT2D eigenvalue weighted by Crippen LogP contribution is 2.60. The summed E-state index contributed by atoms with van der Waals surface area (Å²) in [5.41, 5.74) is 0.490. The van der Waals surface area contributed by atoms with Gasteiger partial charge in [0.25, 0.3) is 0 Å². The molecule has 0 N–H and O–H groups in total. The van der Waals surface area contributed by atoms with Crippen LogP contribution in [0.5, 0.6) is 5.75 Å². The van der Waals surface area contributed by atoms with Gasteiger partial charge in [0.05, 0.1) is 17.5 Å². The van der Waals surface area contributed by atoms with Crippen molar-refractivity contribution in [2.45, 2.75) is 61.5 Å². The normalized spacial score (nSPS) is 32.0. The first-order chi connectivity index (χ1) is 14.4. The van der Waals surface area contributed by atoms with Crippen molar-refractivity contribution in [3.05, 3.63) is 24.3 Å². The highest BCUT2D eigenvalue weighted by molar-refractivity contribution is 9.12. The molecule has 1 aliphatic heterocycles. The summed E-state index contributed by atoms with van der Waals surface area (Å²) in [6.07, 6.45) is 6.60. The molecule has 1 aromatic rings. The molecular formula is C23H27Br2NO4. The Balaban J connectivity index is 1.43. The third kappa shape index (κ3) is 3.88. The van der Waals surface area contributed by atoms with Crippen LogP contribution >= 0.6 is 31.9 Å². The summed E-state index contributed by atoms with van der Waals surface area (Å²) >= 11 is 7.41. The summed E-state index contributed by atoms with van der Waals surface area (Å²) in [7, 11) is 0. The van der Waals surface area contributed by atoms with Crippen LogP contribution in [0.4, 0.5) is 5.69 Å². The number of esters is 1. The second-order valence-electron chi connectivity index (χ2n) is 8.65. The zero-order chi connectivity index (χ0) is 21.4.